The standard InChI is InChI=1S/C18H19Cl2N3OS2/c1-10-7-11(2)15-13(8-10)25-18(21-15)23(6-5-22(3)4)17(24)12-9-14(19)26-16(12)20/h7-9H,5-6H2,1-4H3. The average Bonchev–Trinajstić information content (AvgIpc) is 3.10. The van der Waals surface area contributed by atoms with Crippen molar-refractivity contribution in [3.05, 3.63) is 43.6 Å². The molecule has 0 fully saturated rings. The Bertz CT molecular complexity index is 965. The summed E-state index contributed by atoms with van der Waals surface area (Å²) in [7, 11) is 3.95. The SMILES string of the molecule is Cc1cc(C)c2nc(N(CCN(C)C)C(=O)c3cc(Cl)sc3Cl)sc2c1. The molecule has 0 radical (unpaired) electrons. The normalized spacial score (nSPS) is 11.5. The van der Waals surface area contributed by atoms with Gasteiger partial charge in [0.15, 0.2) is 5.13 Å². The molecule has 3 aromatic rings. The molecule has 0 aliphatic heterocycles. The monoisotopic (exact) mass is 427 g/mol. The van der Waals surface area contributed by atoms with E-state index >= 15 is 0 Å². The fourth-order valence-corrected chi connectivity index (χ4v) is 5.30. The first-order valence-corrected chi connectivity index (χ1v) is 10.4. The highest BCUT2D eigenvalue weighted by atomic mass is 35.5. The number of hydrogen-bond donors (Lipinski definition) is 0. The Morgan fingerprint density at radius 2 is 1.85 bits per heavy atom. The zero-order valence-corrected chi connectivity index (χ0v) is 18.1. The van der Waals surface area contributed by atoms with Crippen LogP contribution in [0.4, 0.5) is 5.13 Å². The lowest BCUT2D eigenvalue weighted by atomic mass is 10.1. The van der Waals surface area contributed by atoms with Gasteiger partial charge in [-0.2, -0.15) is 0 Å². The molecule has 26 heavy (non-hydrogen) atoms. The maximum atomic E-state index is 13.2. The van der Waals surface area contributed by atoms with Gasteiger partial charge in [-0.05, 0) is 51.2 Å². The van der Waals surface area contributed by atoms with Gasteiger partial charge in [0.1, 0.15) is 4.34 Å². The number of rotatable bonds is 5. The molecule has 0 saturated carbocycles. The molecule has 4 nitrogen and oxygen atoms in total. The lowest BCUT2D eigenvalue weighted by Gasteiger charge is -2.21. The molecule has 0 saturated heterocycles. The summed E-state index contributed by atoms with van der Waals surface area (Å²) in [4.78, 5) is 21.6. The number of amides is 1. The zero-order chi connectivity index (χ0) is 19.0. The van der Waals surface area contributed by atoms with Crippen molar-refractivity contribution < 1.29 is 4.79 Å². The van der Waals surface area contributed by atoms with E-state index in [-0.39, 0.29) is 5.91 Å². The fraction of sp³-hybridized carbons (Fsp3) is 0.333. The van der Waals surface area contributed by atoms with E-state index in [0.29, 0.717) is 25.9 Å². The van der Waals surface area contributed by atoms with Crippen LogP contribution in [0.15, 0.2) is 18.2 Å². The number of benzene rings is 1. The average molecular weight is 428 g/mol. The van der Waals surface area contributed by atoms with E-state index in [1.54, 1.807) is 11.0 Å². The number of carbonyl (C=O) groups is 1. The summed E-state index contributed by atoms with van der Waals surface area (Å²) in [5, 5.41) is 0.680. The van der Waals surface area contributed by atoms with Crippen LogP contribution < -0.4 is 4.90 Å². The molecule has 0 N–H and O–H groups in total. The van der Waals surface area contributed by atoms with Gasteiger partial charge < -0.3 is 4.90 Å². The summed E-state index contributed by atoms with van der Waals surface area (Å²) in [5.74, 6) is -0.173. The number of aromatic nitrogens is 1. The number of likely N-dealkylation sites (N-methyl/N-ethyl adjacent to an activating group) is 1. The number of fused-ring (bicyclic) bond motifs is 1. The third-order valence-electron chi connectivity index (χ3n) is 3.95. The topological polar surface area (TPSA) is 36.4 Å². The van der Waals surface area contributed by atoms with Gasteiger partial charge in [-0.25, -0.2) is 4.98 Å². The summed E-state index contributed by atoms with van der Waals surface area (Å²) >= 11 is 15.0. The van der Waals surface area contributed by atoms with Crippen LogP contribution in [0.3, 0.4) is 0 Å². The first kappa shape index (κ1) is 19.6. The van der Waals surface area contributed by atoms with Crippen molar-refractivity contribution in [1.82, 2.24) is 9.88 Å². The molecule has 0 aliphatic rings. The number of nitrogens with zero attached hydrogens (tertiary/aromatic N) is 3. The molecule has 1 aromatic carbocycles. The first-order valence-electron chi connectivity index (χ1n) is 8.05. The quantitative estimate of drug-likeness (QED) is 0.539. The lowest BCUT2D eigenvalue weighted by Crippen LogP contribution is -2.36. The van der Waals surface area contributed by atoms with Gasteiger partial charge in [-0.1, -0.05) is 40.6 Å². The molecular formula is C18H19Cl2N3OS2. The third-order valence-corrected chi connectivity index (χ3v) is 6.47. The van der Waals surface area contributed by atoms with Crippen LogP contribution in [0.2, 0.25) is 8.67 Å². The van der Waals surface area contributed by atoms with E-state index in [4.69, 9.17) is 28.2 Å². The Hall–Kier alpha value is -1.18. The fourth-order valence-electron chi connectivity index (χ4n) is 2.69. The van der Waals surface area contributed by atoms with Crippen molar-refractivity contribution in [1.29, 1.82) is 0 Å². The molecular weight excluding hydrogens is 409 g/mol. The van der Waals surface area contributed by atoms with E-state index in [1.807, 2.05) is 25.9 Å². The number of carbonyl (C=O) groups excluding carboxylic acids is 1. The van der Waals surface area contributed by atoms with E-state index < -0.39 is 0 Å². The van der Waals surface area contributed by atoms with Crippen LogP contribution in [0.25, 0.3) is 10.2 Å². The highest BCUT2D eigenvalue weighted by Gasteiger charge is 2.25. The van der Waals surface area contributed by atoms with Gasteiger partial charge in [-0.15, -0.1) is 11.3 Å². The molecule has 0 unspecified atom stereocenters. The molecule has 8 heteroatoms. The van der Waals surface area contributed by atoms with Gasteiger partial charge in [0.05, 0.1) is 20.1 Å². The molecule has 0 aliphatic carbocycles. The smallest absolute Gasteiger partial charge is 0.262 e. The maximum Gasteiger partial charge on any atom is 0.262 e. The molecule has 3 rings (SSSR count). The Labute approximate surface area is 171 Å². The van der Waals surface area contributed by atoms with Crippen molar-refractivity contribution >= 4 is 67.1 Å². The van der Waals surface area contributed by atoms with Crippen LogP contribution in [-0.4, -0.2) is 43.0 Å². The first-order chi connectivity index (χ1) is 12.3. The minimum absolute atomic E-state index is 0.173. The maximum absolute atomic E-state index is 13.2. The minimum Gasteiger partial charge on any atom is -0.308 e. The van der Waals surface area contributed by atoms with E-state index in [0.717, 1.165) is 22.3 Å². The van der Waals surface area contributed by atoms with Crippen molar-refractivity contribution in [3.63, 3.8) is 0 Å². The van der Waals surface area contributed by atoms with Crippen LogP contribution >= 0.6 is 45.9 Å². The molecule has 1 amide bonds. The number of hydrogen-bond acceptors (Lipinski definition) is 5. The Kier molecular flexibility index (Phi) is 5.89. The Morgan fingerprint density at radius 1 is 1.12 bits per heavy atom. The Balaban J connectivity index is 2.04. The predicted molar refractivity (Wildman–Crippen MR) is 114 cm³/mol. The summed E-state index contributed by atoms with van der Waals surface area (Å²) in [6.07, 6.45) is 0. The number of anilines is 1. The summed E-state index contributed by atoms with van der Waals surface area (Å²) in [6.45, 7) is 5.34. The van der Waals surface area contributed by atoms with Gasteiger partial charge in [-0.3, -0.25) is 9.69 Å². The highest BCUT2D eigenvalue weighted by molar-refractivity contribution is 7.22. The minimum atomic E-state index is -0.173. The van der Waals surface area contributed by atoms with Gasteiger partial charge in [0.25, 0.3) is 5.91 Å². The van der Waals surface area contributed by atoms with Crippen LogP contribution in [-0.2, 0) is 0 Å². The highest BCUT2D eigenvalue weighted by Crippen LogP contribution is 2.35. The molecule has 2 heterocycles. The van der Waals surface area contributed by atoms with Gasteiger partial charge in [0.2, 0.25) is 0 Å². The number of thiazole rings is 1. The molecule has 138 valence electrons. The largest absolute Gasteiger partial charge is 0.308 e. The molecule has 0 spiro atoms. The summed E-state index contributed by atoms with van der Waals surface area (Å²) in [5.41, 5.74) is 3.66. The van der Waals surface area contributed by atoms with Crippen LogP contribution in [0.1, 0.15) is 21.5 Å². The van der Waals surface area contributed by atoms with Crippen LogP contribution in [0, 0.1) is 13.8 Å². The molecule has 2 aromatic heterocycles. The molecule has 0 bridgehead atoms. The predicted octanol–water partition coefficient (Wildman–Crippen LogP) is 5.49. The molecule has 0 atom stereocenters. The third kappa shape index (κ3) is 4.05. The van der Waals surface area contributed by atoms with E-state index in [2.05, 4.69) is 19.1 Å². The van der Waals surface area contributed by atoms with Crippen molar-refractivity contribution in [2.24, 2.45) is 0 Å². The zero-order valence-electron chi connectivity index (χ0n) is 15.0. The second-order valence-corrected chi connectivity index (χ2v) is 9.72. The van der Waals surface area contributed by atoms with E-state index in [9.17, 15) is 4.79 Å². The summed E-state index contributed by atoms with van der Waals surface area (Å²) < 4.78 is 1.99. The van der Waals surface area contributed by atoms with Crippen molar-refractivity contribution in [3.8, 4) is 0 Å². The van der Waals surface area contributed by atoms with E-state index in [1.165, 1.54) is 28.2 Å². The number of aryl methyl sites for hydroxylation is 2. The van der Waals surface area contributed by atoms with Gasteiger partial charge in [0, 0.05) is 13.1 Å². The second-order valence-electron chi connectivity index (χ2n) is 6.42. The van der Waals surface area contributed by atoms with Gasteiger partial charge >= 0.3 is 0 Å². The van der Waals surface area contributed by atoms with Crippen LogP contribution in [0.5, 0.6) is 0 Å². The van der Waals surface area contributed by atoms with Crippen molar-refractivity contribution in [2.45, 2.75) is 13.8 Å². The lowest BCUT2D eigenvalue weighted by molar-refractivity contribution is 0.0986. The second kappa shape index (κ2) is 7.82. The van der Waals surface area contributed by atoms with Crippen molar-refractivity contribution in [2.75, 3.05) is 32.1 Å². The number of halogens is 2. The Morgan fingerprint density at radius 3 is 2.46 bits per heavy atom. The number of thiophene rings is 1. The summed E-state index contributed by atoms with van der Waals surface area (Å²) in [6, 6.07) is 5.84.